The minimum atomic E-state index is 0.476. The van der Waals surface area contributed by atoms with Gasteiger partial charge in [-0.3, -0.25) is 0 Å². The van der Waals surface area contributed by atoms with Gasteiger partial charge in [0, 0.05) is 48.0 Å². The van der Waals surface area contributed by atoms with Crippen LogP contribution < -0.4 is 10.2 Å². The van der Waals surface area contributed by atoms with E-state index in [1.807, 2.05) is 6.20 Å². The predicted molar refractivity (Wildman–Crippen MR) is 92.8 cm³/mol. The lowest BCUT2D eigenvalue weighted by Crippen LogP contribution is -2.39. The number of nitrogens with one attached hydrogen (secondary N) is 1. The molecule has 1 fully saturated rings. The van der Waals surface area contributed by atoms with E-state index >= 15 is 0 Å². The quantitative estimate of drug-likeness (QED) is 0.900. The first-order valence-corrected chi connectivity index (χ1v) is 8.59. The summed E-state index contributed by atoms with van der Waals surface area (Å²) in [4.78, 5) is 9.60. The van der Waals surface area contributed by atoms with Crippen molar-refractivity contribution < 1.29 is 0 Å². The average Bonchev–Trinajstić information content (AvgIpc) is 2.57. The highest BCUT2D eigenvalue weighted by Gasteiger charge is 2.23. The molecule has 1 aliphatic heterocycles. The fourth-order valence-electron chi connectivity index (χ4n) is 2.86. The molecular formula is C16H27BrN4. The van der Waals surface area contributed by atoms with Crippen LogP contribution in [0.1, 0.15) is 32.8 Å². The van der Waals surface area contributed by atoms with Crippen LogP contribution in [0.3, 0.4) is 0 Å². The van der Waals surface area contributed by atoms with Gasteiger partial charge in [0.1, 0.15) is 5.82 Å². The Labute approximate surface area is 137 Å². The smallest absolute Gasteiger partial charge is 0.133 e. The molecule has 0 bridgehead atoms. The van der Waals surface area contributed by atoms with Gasteiger partial charge in [0.05, 0.1) is 0 Å². The Kier molecular flexibility index (Phi) is 6.02. The van der Waals surface area contributed by atoms with E-state index in [-0.39, 0.29) is 0 Å². The fourth-order valence-corrected chi connectivity index (χ4v) is 3.24. The lowest BCUT2D eigenvalue weighted by atomic mass is 10.2. The zero-order chi connectivity index (χ0) is 15.4. The molecule has 0 radical (unpaired) electrons. The van der Waals surface area contributed by atoms with E-state index in [9.17, 15) is 0 Å². The summed E-state index contributed by atoms with van der Waals surface area (Å²) in [6, 6.07) is 3.16. The highest BCUT2D eigenvalue weighted by atomic mass is 79.9. The van der Waals surface area contributed by atoms with Gasteiger partial charge < -0.3 is 15.1 Å². The maximum Gasteiger partial charge on any atom is 0.133 e. The normalized spacial score (nSPS) is 20.9. The number of hydrogen-bond donors (Lipinski definition) is 1. The van der Waals surface area contributed by atoms with Gasteiger partial charge in [-0.2, -0.15) is 0 Å². The Morgan fingerprint density at radius 1 is 1.43 bits per heavy atom. The van der Waals surface area contributed by atoms with Crippen LogP contribution in [0.25, 0.3) is 0 Å². The predicted octanol–water partition coefficient (Wildman–Crippen LogP) is 2.87. The highest BCUT2D eigenvalue weighted by Crippen LogP contribution is 2.25. The number of halogens is 1. The Hall–Kier alpha value is -0.650. The molecular weight excluding hydrogens is 328 g/mol. The molecule has 0 aromatic carbocycles. The molecule has 0 aliphatic carbocycles. The minimum Gasteiger partial charge on any atom is -0.352 e. The zero-order valence-corrected chi connectivity index (χ0v) is 15.2. The van der Waals surface area contributed by atoms with Crippen molar-refractivity contribution >= 4 is 21.7 Å². The van der Waals surface area contributed by atoms with Crippen molar-refractivity contribution in [2.75, 3.05) is 31.6 Å². The second-order valence-corrected chi connectivity index (χ2v) is 7.25. The topological polar surface area (TPSA) is 31.4 Å². The van der Waals surface area contributed by atoms with Crippen LogP contribution in [-0.4, -0.2) is 48.6 Å². The number of anilines is 1. The lowest BCUT2D eigenvalue weighted by Gasteiger charge is -2.31. The minimum absolute atomic E-state index is 0.476. The molecule has 2 rings (SSSR count). The molecule has 1 unspecified atom stereocenters. The molecule has 1 N–H and O–H groups in total. The number of likely N-dealkylation sites (N-methyl/N-ethyl adjacent to an activating group) is 1. The van der Waals surface area contributed by atoms with Crippen LogP contribution in [0.4, 0.5) is 5.82 Å². The molecule has 1 aliphatic rings. The van der Waals surface area contributed by atoms with Crippen LogP contribution in [0.2, 0.25) is 0 Å². The fraction of sp³-hybridized carbons (Fsp3) is 0.688. The monoisotopic (exact) mass is 354 g/mol. The van der Waals surface area contributed by atoms with Gasteiger partial charge in [-0.15, -0.1) is 0 Å². The number of aromatic nitrogens is 1. The summed E-state index contributed by atoms with van der Waals surface area (Å²) in [6.07, 6.45) is 3.10. The molecule has 1 aromatic heterocycles. The molecule has 1 atom stereocenters. The third-order valence-corrected chi connectivity index (χ3v) is 4.36. The van der Waals surface area contributed by atoms with Gasteiger partial charge in [0.25, 0.3) is 0 Å². The van der Waals surface area contributed by atoms with Crippen LogP contribution >= 0.6 is 15.9 Å². The van der Waals surface area contributed by atoms with Crippen LogP contribution in [0, 0.1) is 0 Å². The summed E-state index contributed by atoms with van der Waals surface area (Å²) in [5, 5.41) is 3.51. The molecule has 5 heteroatoms. The Bertz CT molecular complexity index is 464. The van der Waals surface area contributed by atoms with E-state index in [0.717, 1.165) is 36.5 Å². The van der Waals surface area contributed by atoms with E-state index in [4.69, 9.17) is 4.98 Å². The van der Waals surface area contributed by atoms with E-state index in [0.29, 0.717) is 12.1 Å². The highest BCUT2D eigenvalue weighted by molar-refractivity contribution is 9.10. The first-order valence-electron chi connectivity index (χ1n) is 7.80. The molecule has 2 heterocycles. The van der Waals surface area contributed by atoms with E-state index in [1.165, 1.54) is 12.0 Å². The van der Waals surface area contributed by atoms with Gasteiger partial charge in [-0.1, -0.05) is 13.8 Å². The van der Waals surface area contributed by atoms with Crippen molar-refractivity contribution in [3.8, 4) is 0 Å². The van der Waals surface area contributed by atoms with Crippen molar-refractivity contribution in [2.45, 2.75) is 45.8 Å². The molecule has 1 aromatic rings. The second kappa shape index (κ2) is 7.56. The standard InChI is InChI=1S/C16H27BrN4/c1-12(2)18-9-14-8-15(17)10-19-16(14)21-7-5-6-20(4)11-13(21)3/h8,10,12-13,18H,5-7,9,11H2,1-4H3. The third kappa shape index (κ3) is 4.66. The lowest BCUT2D eigenvalue weighted by molar-refractivity contribution is 0.337. The van der Waals surface area contributed by atoms with E-state index in [1.54, 1.807) is 0 Å². The first-order chi connectivity index (χ1) is 9.97. The molecule has 4 nitrogen and oxygen atoms in total. The summed E-state index contributed by atoms with van der Waals surface area (Å²) in [6.45, 7) is 10.8. The second-order valence-electron chi connectivity index (χ2n) is 6.33. The van der Waals surface area contributed by atoms with Crippen LogP contribution in [0.15, 0.2) is 16.7 Å². The largest absolute Gasteiger partial charge is 0.352 e. The van der Waals surface area contributed by atoms with Gasteiger partial charge in [0.15, 0.2) is 0 Å². The Balaban J connectivity index is 2.24. The van der Waals surface area contributed by atoms with Crippen LogP contribution in [0.5, 0.6) is 0 Å². The summed E-state index contributed by atoms with van der Waals surface area (Å²) in [5.41, 5.74) is 1.27. The number of pyridine rings is 1. The van der Waals surface area contributed by atoms with Crippen molar-refractivity contribution in [3.63, 3.8) is 0 Å². The Morgan fingerprint density at radius 2 is 2.19 bits per heavy atom. The number of hydrogen-bond acceptors (Lipinski definition) is 4. The molecule has 0 saturated carbocycles. The maximum absolute atomic E-state index is 4.72. The van der Waals surface area contributed by atoms with Gasteiger partial charge >= 0.3 is 0 Å². The summed E-state index contributed by atoms with van der Waals surface area (Å²) in [7, 11) is 2.20. The molecule has 0 spiro atoms. The molecule has 21 heavy (non-hydrogen) atoms. The van der Waals surface area contributed by atoms with Crippen molar-refractivity contribution in [1.29, 1.82) is 0 Å². The van der Waals surface area contributed by atoms with E-state index < -0.39 is 0 Å². The number of rotatable bonds is 4. The summed E-state index contributed by atoms with van der Waals surface area (Å²) < 4.78 is 1.05. The first kappa shape index (κ1) is 16.7. The SMILES string of the molecule is CC(C)NCc1cc(Br)cnc1N1CCCN(C)CC1C. The third-order valence-electron chi connectivity index (χ3n) is 3.93. The van der Waals surface area contributed by atoms with Crippen molar-refractivity contribution in [2.24, 2.45) is 0 Å². The number of nitrogens with zero attached hydrogens (tertiary/aromatic N) is 3. The van der Waals surface area contributed by atoms with E-state index in [2.05, 4.69) is 64.9 Å². The molecule has 118 valence electrons. The molecule has 1 saturated heterocycles. The Morgan fingerprint density at radius 3 is 2.90 bits per heavy atom. The maximum atomic E-state index is 4.72. The van der Waals surface area contributed by atoms with Gasteiger partial charge in [0.2, 0.25) is 0 Å². The summed E-state index contributed by atoms with van der Waals surface area (Å²) >= 11 is 3.55. The van der Waals surface area contributed by atoms with Gasteiger partial charge in [-0.05, 0) is 48.9 Å². The molecule has 0 amide bonds. The van der Waals surface area contributed by atoms with Crippen molar-refractivity contribution in [3.05, 3.63) is 22.3 Å². The van der Waals surface area contributed by atoms with Crippen LogP contribution in [-0.2, 0) is 6.54 Å². The zero-order valence-electron chi connectivity index (χ0n) is 13.6. The summed E-state index contributed by atoms with van der Waals surface area (Å²) in [5.74, 6) is 1.13. The van der Waals surface area contributed by atoms with Gasteiger partial charge in [-0.25, -0.2) is 4.98 Å². The average molecular weight is 355 g/mol. The van der Waals surface area contributed by atoms with Crippen molar-refractivity contribution in [1.82, 2.24) is 15.2 Å².